The van der Waals surface area contributed by atoms with Crippen LogP contribution >= 0.6 is 0 Å². The van der Waals surface area contributed by atoms with Crippen LogP contribution in [0.3, 0.4) is 0 Å². The molecule has 0 aliphatic carbocycles. The molecule has 0 atom stereocenters. The van der Waals surface area contributed by atoms with Gasteiger partial charge in [-0.25, -0.2) is 0 Å². The van der Waals surface area contributed by atoms with Crippen molar-refractivity contribution in [1.29, 1.82) is 0 Å². The molecule has 0 aliphatic rings. The molecule has 84 valence electrons. The number of aromatic nitrogens is 1. The predicted molar refractivity (Wildman–Crippen MR) is 64.1 cm³/mol. The molecule has 1 aromatic heterocycles. The highest BCUT2D eigenvalue weighted by atomic mass is 16.5. The van der Waals surface area contributed by atoms with Crippen molar-refractivity contribution < 1.29 is 9.53 Å². The minimum Gasteiger partial charge on any atom is -0.490 e. The van der Waals surface area contributed by atoms with Crippen molar-refractivity contribution >= 4 is 17.2 Å². The summed E-state index contributed by atoms with van der Waals surface area (Å²) in [6.07, 6.45) is 2.80. The van der Waals surface area contributed by atoms with E-state index in [0.29, 0.717) is 5.56 Å². The largest absolute Gasteiger partial charge is 0.490 e. The minimum atomic E-state index is 0.102. The molecule has 0 saturated carbocycles. The lowest BCUT2D eigenvalue weighted by atomic mass is 10.1. The van der Waals surface area contributed by atoms with Gasteiger partial charge in [0.15, 0.2) is 6.29 Å². The van der Waals surface area contributed by atoms with Gasteiger partial charge in [0.2, 0.25) is 0 Å². The molecule has 0 saturated heterocycles. The third-order valence-electron chi connectivity index (χ3n) is 2.50. The number of carbonyl (C=O) groups is 1. The fourth-order valence-electron chi connectivity index (χ4n) is 1.89. The summed E-state index contributed by atoms with van der Waals surface area (Å²) < 4.78 is 7.65. The van der Waals surface area contributed by atoms with Gasteiger partial charge in [-0.15, -0.1) is 0 Å². The van der Waals surface area contributed by atoms with E-state index in [1.807, 2.05) is 49.9 Å². The van der Waals surface area contributed by atoms with Gasteiger partial charge >= 0.3 is 0 Å². The summed E-state index contributed by atoms with van der Waals surface area (Å²) in [6, 6.07) is 5.82. The molecule has 3 heteroatoms. The average molecular weight is 217 g/mol. The highest BCUT2D eigenvalue weighted by Crippen LogP contribution is 2.29. The van der Waals surface area contributed by atoms with Crippen LogP contribution in [-0.4, -0.2) is 17.0 Å². The number of carbonyl (C=O) groups excluding carboxylic acids is 1. The number of benzene rings is 1. The summed E-state index contributed by atoms with van der Waals surface area (Å²) in [5, 5.41) is 0.897. The third-order valence-corrected chi connectivity index (χ3v) is 2.50. The zero-order valence-corrected chi connectivity index (χ0v) is 9.73. The summed E-state index contributed by atoms with van der Waals surface area (Å²) in [7, 11) is 1.93. The average Bonchev–Trinajstić information content (AvgIpc) is 2.56. The Kier molecular flexibility index (Phi) is 2.69. The fourth-order valence-corrected chi connectivity index (χ4v) is 1.89. The Bertz CT molecular complexity index is 526. The first-order valence-electron chi connectivity index (χ1n) is 5.33. The summed E-state index contributed by atoms with van der Waals surface area (Å²) in [6.45, 7) is 3.95. The number of hydrogen-bond acceptors (Lipinski definition) is 2. The van der Waals surface area contributed by atoms with Crippen LogP contribution in [0, 0.1) is 0 Å². The second-order valence-corrected chi connectivity index (χ2v) is 4.13. The van der Waals surface area contributed by atoms with Gasteiger partial charge in [0.05, 0.1) is 17.0 Å². The maximum Gasteiger partial charge on any atom is 0.152 e. The Morgan fingerprint density at radius 1 is 1.38 bits per heavy atom. The lowest BCUT2D eigenvalue weighted by Crippen LogP contribution is -2.05. The summed E-state index contributed by atoms with van der Waals surface area (Å²) in [5.74, 6) is 0.773. The minimum absolute atomic E-state index is 0.102. The topological polar surface area (TPSA) is 31.2 Å². The van der Waals surface area contributed by atoms with Gasteiger partial charge in [0.25, 0.3) is 0 Å². The van der Waals surface area contributed by atoms with E-state index in [9.17, 15) is 4.79 Å². The van der Waals surface area contributed by atoms with E-state index in [-0.39, 0.29) is 6.10 Å². The molecule has 0 bridgehead atoms. The van der Waals surface area contributed by atoms with Gasteiger partial charge in [-0.3, -0.25) is 4.79 Å². The van der Waals surface area contributed by atoms with E-state index in [1.165, 1.54) is 0 Å². The Balaban J connectivity index is 2.69. The molecular weight excluding hydrogens is 202 g/mol. The van der Waals surface area contributed by atoms with Crippen molar-refractivity contribution in [2.24, 2.45) is 7.05 Å². The molecule has 0 radical (unpaired) electrons. The Hall–Kier alpha value is -1.77. The van der Waals surface area contributed by atoms with E-state index in [1.54, 1.807) is 0 Å². The Morgan fingerprint density at radius 3 is 2.75 bits per heavy atom. The molecular formula is C13H15NO2. The van der Waals surface area contributed by atoms with E-state index >= 15 is 0 Å². The van der Waals surface area contributed by atoms with Crippen LogP contribution in [-0.2, 0) is 7.05 Å². The number of rotatable bonds is 3. The van der Waals surface area contributed by atoms with E-state index in [2.05, 4.69) is 0 Å². The van der Waals surface area contributed by atoms with Gasteiger partial charge in [-0.05, 0) is 26.0 Å². The first kappa shape index (κ1) is 10.7. The lowest BCUT2D eigenvalue weighted by molar-refractivity contribution is 0.112. The van der Waals surface area contributed by atoms with Gasteiger partial charge in [-0.2, -0.15) is 0 Å². The van der Waals surface area contributed by atoms with Crippen molar-refractivity contribution in [3.63, 3.8) is 0 Å². The molecule has 1 heterocycles. The molecule has 3 nitrogen and oxygen atoms in total. The maximum absolute atomic E-state index is 11.0. The molecule has 0 N–H and O–H groups in total. The molecule has 1 aromatic carbocycles. The van der Waals surface area contributed by atoms with E-state index < -0.39 is 0 Å². The SMILES string of the molecule is CC(C)Oc1cccc2c1c(C=O)cn2C. The van der Waals surface area contributed by atoms with Crippen LogP contribution in [0.15, 0.2) is 24.4 Å². The zero-order chi connectivity index (χ0) is 11.7. The molecule has 0 unspecified atom stereocenters. The highest BCUT2D eigenvalue weighted by Gasteiger charge is 2.11. The van der Waals surface area contributed by atoms with E-state index in [0.717, 1.165) is 22.9 Å². The second-order valence-electron chi connectivity index (χ2n) is 4.13. The van der Waals surface area contributed by atoms with Crippen LogP contribution in [0.25, 0.3) is 10.9 Å². The van der Waals surface area contributed by atoms with Gasteiger partial charge in [-0.1, -0.05) is 6.07 Å². The quantitative estimate of drug-likeness (QED) is 0.740. The van der Waals surface area contributed by atoms with Crippen molar-refractivity contribution in [3.05, 3.63) is 30.0 Å². The Morgan fingerprint density at radius 2 is 2.12 bits per heavy atom. The summed E-state index contributed by atoms with van der Waals surface area (Å²) in [4.78, 5) is 11.0. The zero-order valence-electron chi connectivity index (χ0n) is 9.73. The van der Waals surface area contributed by atoms with Gasteiger partial charge in [0, 0.05) is 18.8 Å². The maximum atomic E-state index is 11.0. The van der Waals surface area contributed by atoms with Gasteiger partial charge in [0.1, 0.15) is 5.75 Å². The lowest BCUT2D eigenvalue weighted by Gasteiger charge is -2.11. The molecule has 2 aromatic rings. The van der Waals surface area contributed by atoms with Crippen molar-refractivity contribution in [1.82, 2.24) is 4.57 Å². The highest BCUT2D eigenvalue weighted by molar-refractivity contribution is 6.01. The fraction of sp³-hybridized carbons (Fsp3) is 0.308. The van der Waals surface area contributed by atoms with Crippen LogP contribution < -0.4 is 4.74 Å². The van der Waals surface area contributed by atoms with Gasteiger partial charge < -0.3 is 9.30 Å². The molecule has 16 heavy (non-hydrogen) atoms. The first-order valence-corrected chi connectivity index (χ1v) is 5.33. The first-order chi connectivity index (χ1) is 7.63. The molecule has 0 aliphatic heterocycles. The normalized spacial score (nSPS) is 11.0. The number of aldehydes is 1. The smallest absolute Gasteiger partial charge is 0.152 e. The number of nitrogens with zero attached hydrogens (tertiary/aromatic N) is 1. The number of ether oxygens (including phenoxy) is 1. The molecule has 0 spiro atoms. The van der Waals surface area contributed by atoms with Crippen molar-refractivity contribution in [2.75, 3.05) is 0 Å². The molecule has 0 amide bonds. The monoisotopic (exact) mass is 217 g/mol. The number of fused-ring (bicyclic) bond motifs is 1. The summed E-state index contributed by atoms with van der Waals surface area (Å²) in [5.41, 5.74) is 1.69. The Labute approximate surface area is 94.6 Å². The van der Waals surface area contributed by atoms with Crippen LogP contribution in [0.4, 0.5) is 0 Å². The van der Waals surface area contributed by atoms with Crippen LogP contribution in [0.5, 0.6) is 5.75 Å². The van der Waals surface area contributed by atoms with Crippen LogP contribution in [0.2, 0.25) is 0 Å². The molecule has 0 fully saturated rings. The second kappa shape index (κ2) is 4.00. The predicted octanol–water partition coefficient (Wildman–Crippen LogP) is 2.78. The van der Waals surface area contributed by atoms with Crippen molar-refractivity contribution in [2.45, 2.75) is 20.0 Å². The number of hydrogen-bond donors (Lipinski definition) is 0. The third kappa shape index (κ3) is 1.69. The van der Waals surface area contributed by atoms with Crippen LogP contribution in [0.1, 0.15) is 24.2 Å². The summed E-state index contributed by atoms with van der Waals surface area (Å²) >= 11 is 0. The molecule has 2 rings (SSSR count). The van der Waals surface area contributed by atoms with Crippen molar-refractivity contribution in [3.8, 4) is 5.75 Å². The number of aryl methyl sites for hydroxylation is 1. The van der Waals surface area contributed by atoms with E-state index in [4.69, 9.17) is 4.74 Å². The standard InChI is InChI=1S/C13H15NO2/c1-9(2)16-12-6-4-5-11-13(12)10(8-15)7-14(11)3/h4-9H,1-3H3.